The molecule has 3 rings (SSSR count). The van der Waals surface area contributed by atoms with Gasteiger partial charge in [-0.1, -0.05) is 40.2 Å². The van der Waals surface area contributed by atoms with Crippen molar-refractivity contribution in [3.05, 3.63) is 63.4 Å². The summed E-state index contributed by atoms with van der Waals surface area (Å²) >= 11 is 3.39. The maximum atomic E-state index is 12.4. The van der Waals surface area contributed by atoms with Crippen molar-refractivity contribution in [2.75, 3.05) is 0 Å². The molecule has 0 saturated carbocycles. The molecule has 2 nitrogen and oxygen atoms in total. The van der Waals surface area contributed by atoms with Crippen LogP contribution in [0, 0.1) is 0 Å². The Morgan fingerprint density at radius 3 is 2.65 bits per heavy atom. The van der Waals surface area contributed by atoms with Gasteiger partial charge in [-0.2, -0.15) is 0 Å². The van der Waals surface area contributed by atoms with E-state index in [2.05, 4.69) is 20.9 Å². The van der Waals surface area contributed by atoms with Crippen molar-refractivity contribution in [1.29, 1.82) is 0 Å². The fourth-order valence-electron chi connectivity index (χ4n) is 1.92. The second-order valence-corrected chi connectivity index (χ2v) is 4.75. The first-order chi connectivity index (χ1) is 8.25. The average Bonchev–Trinajstić information content (AvgIpc) is 2.49. The van der Waals surface area contributed by atoms with Crippen LogP contribution < -0.4 is 5.43 Å². The first-order valence-electron chi connectivity index (χ1n) is 5.23. The van der Waals surface area contributed by atoms with Crippen molar-refractivity contribution >= 4 is 37.6 Å². The molecule has 2 aromatic carbocycles. The van der Waals surface area contributed by atoms with E-state index < -0.39 is 0 Å². The molecule has 0 fully saturated rings. The molecule has 0 bridgehead atoms. The minimum atomic E-state index is -0.0260. The van der Waals surface area contributed by atoms with Crippen LogP contribution in [0.25, 0.3) is 21.7 Å². The van der Waals surface area contributed by atoms with Gasteiger partial charge in [-0.05, 0) is 23.6 Å². The van der Waals surface area contributed by atoms with Crippen molar-refractivity contribution < 1.29 is 0 Å². The molecular weight excluding hydrogens is 278 g/mol. The molecule has 0 spiro atoms. The van der Waals surface area contributed by atoms with Crippen molar-refractivity contribution in [2.24, 2.45) is 0 Å². The summed E-state index contributed by atoms with van der Waals surface area (Å²) in [6, 6.07) is 13.3. The Labute approximate surface area is 106 Å². The van der Waals surface area contributed by atoms with Crippen LogP contribution in [-0.4, -0.2) is 4.98 Å². The van der Waals surface area contributed by atoms with Crippen molar-refractivity contribution in [2.45, 2.75) is 0 Å². The first kappa shape index (κ1) is 10.4. The van der Waals surface area contributed by atoms with Crippen LogP contribution in [0.2, 0.25) is 0 Å². The maximum absolute atomic E-state index is 12.4. The largest absolute Gasteiger partial charge is 0.287 e. The van der Waals surface area contributed by atoms with Crippen LogP contribution in [0.1, 0.15) is 0 Å². The summed E-state index contributed by atoms with van der Waals surface area (Å²) < 4.78 is 0.900. The summed E-state index contributed by atoms with van der Waals surface area (Å²) in [5.74, 6) is 0. The summed E-state index contributed by atoms with van der Waals surface area (Å²) in [6.45, 7) is 0. The quantitative estimate of drug-likeness (QED) is 0.633. The number of pyridine rings is 1. The predicted octanol–water partition coefficient (Wildman–Crippen LogP) is 3.51. The highest BCUT2D eigenvalue weighted by Crippen LogP contribution is 2.18. The lowest BCUT2D eigenvalue weighted by molar-refractivity contribution is 1.41. The lowest BCUT2D eigenvalue weighted by Crippen LogP contribution is -2.00. The third-order valence-electron chi connectivity index (χ3n) is 2.76. The molecule has 3 aromatic rings. The molecule has 0 N–H and O–H groups in total. The van der Waals surface area contributed by atoms with E-state index in [0.717, 1.165) is 15.2 Å². The molecule has 0 aliphatic heterocycles. The Balaban J connectivity index is 2.65. The molecule has 0 atom stereocenters. The van der Waals surface area contributed by atoms with Gasteiger partial charge in [0, 0.05) is 21.4 Å². The lowest BCUT2D eigenvalue weighted by atomic mass is 10.2. The molecule has 0 aliphatic carbocycles. The summed E-state index contributed by atoms with van der Waals surface area (Å²) in [5, 5.41) is 2.48. The zero-order chi connectivity index (χ0) is 11.8. The Morgan fingerprint density at radius 2 is 1.76 bits per heavy atom. The van der Waals surface area contributed by atoms with Crippen molar-refractivity contribution in [1.82, 2.24) is 4.98 Å². The highest BCUT2D eigenvalue weighted by molar-refractivity contribution is 9.10. The van der Waals surface area contributed by atoms with Crippen LogP contribution in [0.15, 0.2) is 57.9 Å². The van der Waals surface area contributed by atoms with Gasteiger partial charge in [-0.3, -0.25) is 9.78 Å². The Kier molecular flexibility index (Phi) is 2.41. The molecule has 82 valence electrons. The number of nitrogens with zero attached hydrogens (tertiary/aromatic N) is 1. The van der Waals surface area contributed by atoms with Gasteiger partial charge in [-0.15, -0.1) is 0 Å². The summed E-state index contributed by atoms with van der Waals surface area (Å²) in [7, 11) is 0. The minimum Gasteiger partial charge on any atom is -0.287 e. The molecule has 0 amide bonds. The van der Waals surface area contributed by atoms with Crippen molar-refractivity contribution in [3.8, 4) is 0 Å². The van der Waals surface area contributed by atoms with E-state index in [1.807, 2.05) is 42.5 Å². The smallest absolute Gasteiger partial charge is 0.212 e. The molecule has 0 unspecified atom stereocenters. The number of benzene rings is 1. The van der Waals surface area contributed by atoms with E-state index >= 15 is 0 Å². The number of hydrogen-bond donors (Lipinski definition) is 0. The van der Waals surface area contributed by atoms with E-state index in [0.29, 0.717) is 10.9 Å². The summed E-state index contributed by atoms with van der Waals surface area (Å²) in [6.07, 6.45) is 1.65. The SMILES string of the molecule is O=c1c2cc(Br)ccc2ccc2cccnc12. The van der Waals surface area contributed by atoms with E-state index in [4.69, 9.17) is 0 Å². The van der Waals surface area contributed by atoms with Crippen LogP contribution in [0.5, 0.6) is 0 Å². The van der Waals surface area contributed by atoms with E-state index in [9.17, 15) is 4.79 Å². The topological polar surface area (TPSA) is 30.0 Å². The summed E-state index contributed by atoms with van der Waals surface area (Å²) in [4.78, 5) is 16.5. The summed E-state index contributed by atoms with van der Waals surface area (Å²) in [5.41, 5.74) is 0.488. The monoisotopic (exact) mass is 285 g/mol. The fraction of sp³-hybridized carbons (Fsp3) is 0. The number of rotatable bonds is 0. The molecule has 3 heteroatoms. The first-order valence-corrected chi connectivity index (χ1v) is 6.02. The Hall–Kier alpha value is -1.74. The second kappa shape index (κ2) is 3.93. The van der Waals surface area contributed by atoms with Gasteiger partial charge in [0.2, 0.25) is 5.43 Å². The van der Waals surface area contributed by atoms with Gasteiger partial charge in [-0.25, -0.2) is 0 Å². The zero-order valence-electron chi connectivity index (χ0n) is 8.85. The van der Waals surface area contributed by atoms with Gasteiger partial charge < -0.3 is 0 Å². The minimum absolute atomic E-state index is 0.0260. The number of halogens is 1. The molecule has 1 heterocycles. The second-order valence-electron chi connectivity index (χ2n) is 3.84. The Morgan fingerprint density at radius 1 is 1.00 bits per heavy atom. The van der Waals surface area contributed by atoms with Gasteiger partial charge in [0.15, 0.2) is 0 Å². The van der Waals surface area contributed by atoms with Crippen LogP contribution in [0.4, 0.5) is 0 Å². The van der Waals surface area contributed by atoms with Crippen molar-refractivity contribution in [3.63, 3.8) is 0 Å². The highest BCUT2D eigenvalue weighted by atomic mass is 79.9. The Bertz CT molecular complexity index is 783. The molecule has 0 saturated heterocycles. The average molecular weight is 286 g/mol. The molecule has 0 radical (unpaired) electrons. The van der Waals surface area contributed by atoms with Gasteiger partial charge in [0.25, 0.3) is 0 Å². The maximum Gasteiger partial charge on any atom is 0.212 e. The molecule has 0 aliphatic rings. The number of hydrogen-bond acceptors (Lipinski definition) is 2. The van der Waals surface area contributed by atoms with E-state index in [1.165, 1.54) is 0 Å². The highest BCUT2D eigenvalue weighted by Gasteiger charge is 2.03. The van der Waals surface area contributed by atoms with E-state index in [-0.39, 0.29) is 5.43 Å². The molecular formula is C14H8BrNO. The van der Waals surface area contributed by atoms with Gasteiger partial charge in [0.1, 0.15) is 5.52 Å². The van der Waals surface area contributed by atoms with Crippen LogP contribution >= 0.6 is 15.9 Å². The zero-order valence-corrected chi connectivity index (χ0v) is 10.4. The van der Waals surface area contributed by atoms with Crippen LogP contribution in [-0.2, 0) is 0 Å². The predicted molar refractivity (Wildman–Crippen MR) is 73.2 cm³/mol. The van der Waals surface area contributed by atoms with E-state index in [1.54, 1.807) is 6.20 Å². The molecule has 1 aromatic heterocycles. The number of aromatic nitrogens is 1. The normalized spacial score (nSPS) is 10.9. The third-order valence-corrected chi connectivity index (χ3v) is 3.25. The van der Waals surface area contributed by atoms with Crippen LogP contribution in [0.3, 0.4) is 0 Å². The lowest BCUT2D eigenvalue weighted by Gasteiger charge is -1.92. The number of fused-ring (bicyclic) bond motifs is 2. The molecule has 17 heavy (non-hydrogen) atoms. The van der Waals surface area contributed by atoms with Gasteiger partial charge in [0.05, 0.1) is 0 Å². The van der Waals surface area contributed by atoms with Gasteiger partial charge >= 0.3 is 0 Å². The fourth-order valence-corrected chi connectivity index (χ4v) is 2.28. The standard InChI is InChI=1S/C14H8BrNO/c15-11-6-5-9-3-4-10-2-1-7-16-13(10)14(17)12(9)8-11/h1-8H. The third kappa shape index (κ3) is 1.72.